The van der Waals surface area contributed by atoms with Crippen LogP contribution in [0.5, 0.6) is 0 Å². The Morgan fingerprint density at radius 3 is 2.24 bits per heavy atom. The van der Waals surface area contributed by atoms with Gasteiger partial charge in [0.25, 0.3) is 5.91 Å². The van der Waals surface area contributed by atoms with Crippen molar-refractivity contribution in [2.24, 2.45) is 7.05 Å². The molecule has 0 fully saturated rings. The summed E-state index contributed by atoms with van der Waals surface area (Å²) in [5, 5.41) is 12.7. The van der Waals surface area contributed by atoms with Gasteiger partial charge in [-0.25, -0.2) is 4.79 Å². The summed E-state index contributed by atoms with van der Waals surface area (Å²) in [5.41, 5.74) is 1.79. The summed E-state index contributed by atoms with van der Waals surface area (Å²) in [7, 11) is 1.64. The molecule has 4 aromatic rings. The van der Waals surface area contributed by atoms with E-state index in [4.69, 9.17) is 0 Å². The number of aryl methyl sites for hydroxylation is 1. The van der Waals surface area contributed by atoms with Crippen molar-refractivity contribution in [3.63, 3.8) is 0 Å². The standard InChI is InChI=1S/C24H17F3N2O3.K.H/c1-29-20-11-10-17(12-15(20)13-21(29)23(31)32)28-22(30)19-5-3-2-4-18(19)14-6-8-16(9-7-14)24(25,26)27;;/h2-13H,1H3,(H,28,30)(H,31,32);;. The summed E-state index contributed by atoms with van der Waals surface area (Å²) < 4.78 is 40.1. The maximum absolute atomic E-state index is 13.0. The van der Waals surface area contributed by atoms with Crippen LogP contribution in [0.3, 0.4) is 0 Å². The zero-order valence-corrected chi connectivity index (χ0v) is 16.8. The Morgan fingerprint density at radius 1 is 0.939 bits per heavy atom. The molecule has 0 saturated heterocycles. The van der Waals surface area contributed by atoms with Crippen molar-refractivity contribution >= 4 is 79.9 Å². The average molecular weight is 479 g/mol. The van der Waals surface area contributed by atoms with Crippen molar-refractivity contribution in [3.05, 3.63) is 89.6 Å². The van der Waals surface area contributed by atoms with Crippen molar-refractivity contribution in [1.82, 2.24) is 4.57 Å². The summed E-state index contributed by atoms with van der Waals surface area (Å²) in [6.45, 7) is 0. The number of aromatic nitrogens is 1. The van der Waals surface area contributed by atoms with E-state index in [1.807, 2.05) is 0 Å². The number of aromatic carboxylic acids is 1. The fourth-order valence-electron chi connectivity index (χ4n) is 3.60. The average Bonchev–Trinajstić information content (AvgIpc) is 3.09. The molecule has 0 radical (unpaired) electrons. The van der Waals surface area contributed by atoms with E-state index in [2.05, 4.69) is 5.32 Å². The normalized spacial score (nSPS) is 11.2. The SMILES string of the molecule is Cn1c(C(=O)O)cc2cc(NC(=O)c3ccccc3-c3ccc(C(F)(F)F)cc3)ccc21.[KH]. The molecule has 33 heavy (non-hydrogen) atoms. The molecule has 1 heterocycles. The summed E-state index contributed by atoms with van der Waals surface area (Å²) in [6.07, 6.45) is -4.44. The van der Waals surface area contributed by atoms with Crippen LogP contribution in [-0.2, 0) is 13.2 Å². The van der Waals surface area contributed by atoms with Gasteiger partial charge in [-0.1, -0.05) is 30.3 Å². The summed E-state index contributed by atoms with van der Waals surface area (Å²) in [6, 6.07) is 17.8. The number of hydrogen-bond donors (Lipinski definition) is 2. The monoisotopic (exact) mass is 478 g/mol. The molecule has 3 aromatic carbocycles. The van der Waals surface area contributed by atoms with Gasteiger partial charge in [-0.05, 0) is 53.6 Å². The number of carboxylic acids is 1. The molecule has 0 aliphatic carbocycles. The summed E-state index contributed by atoms with van der Waals surface area (Å²) in [4.78, 5) is 24.3. The number of carbonyl (C=O) groups is 2. The summed E-state index contributed by atoms with van der Waals surface area (Å²) >= 11 is 0. The predicted molar refractivity (Wildman–Crippen MR) is 122 cm³/mol. The first-order valence-electron chi connectivity index (χ1n) is 9.56. The van der Waals surface area contributed by atoms with Gasteiger partial charge in [-0.3, -0.25) is 4.79 Å². The number of nitrogens with one attached hydrogen (secondary N) is 1. The molecule has 0 bridgehead atoms. The van der Waals surface area contributed by atoms with Crippen LogP contribution in [-0.4, -0.2) is 72.9 Å². The van der Waals surface area contributed by atoms with Crippen LogP contribution in [0.1, 0.15) is 26.4 Å². The topological polar surface area (TPSA) is 71.3 Å². The van der Waals surface area contributed by atoms with E-state index in [9.17, 15) is 27.9 Å². The number of nitrogens with zero attached hydrogens (tertiary/aromatic N) is 1. The number of amides is 1. The fraction of sp³-hybridized carbons (Fsp3) is 0.0833. The molecule has 4 rings (SSSR count). The Hall–Kier alpha value is -2.43. The van der Waals surface area contributed by atoms with Gasteiger partial charge in [0.05, 0.1) is 5.56 Å². The van der Waals surface area contributed by atoms with Gasteiger partial charge in [0.1, 0.15) is 5.69 Å². The molecule has 0 saturated carbocycles. The molecule has 5 nitrogen and oxygen atoms in total. The first-order chi connectivity index (χ1) is 15.1. The Morgan fingerprint density at radius 2 is 1.61 bits per heavy atom. The Bertz CT molecular complexity index is 1350. The van der Waals surface area contributed by atoms with E-state index in [-0.39, 0.29) is 57.1 Å². The maximum atomic E-state index is 13.0. The van der Waals surface area contributed by atoms with Crippen molar-refractivity contribution < 1.29 is 27.9 Å². The molecule has 0 unspecified atom stereocenters. The molecule has 2 N–H and O–H groups in total. The van der Waals surface area contributed by atoms with E-state index in [1.54, 1.807) is 54.1 Å². The van der Waals surface area contributed by atoms with E-state index in [0.29, 0.717) is 33.3 Å². The van der Waals surface area contributed by atoms with E-state index >= 15 is 0 Å². The second-order valence-corrected chi connectivity index (χ2v) is 7.24. The number of halogens is 3. The Kier molecular flexibility index (Phi) is 7.50. The number of rotatable bonds is 4. The molecule has 1 aromatic heterocycles. The van der Waals surface area contributed by atoms with Gasteiger partial charge in [0.2, 0.25) is 0 Å². The number of fused-ring (bicyclic) bond motifs is 1. The van der Waals surface area contributed by atoms with Gasteiger partial charge in [-0.15, -0.1) is 0 Å². The molecule has 0 atom stereocenters. The van der Waals surface area contributed by atoms with E-state index in [0.717, 1.165) is 12.1 Å². The van der Waals surface area contributed by atoms with Crippen molar-refractivity contribution in [3.8, 4) is 11.1 Å². The quantitative estimate of drug-likeness (QED) is 0.398. The number of carbonyl (C=O) groups excluding carboxylic acids is 1. The summed E-state index contributed by atoms with van der Waals surface area (Å²) in [5.74, 6) is -1.49. The van der Waals surface area contributed by atoms with Crippen LogP contribution < -0.4 is 5.32 Å². The first kappa shape index (κ1) is 25.2. The number of hydrogen-bond acceptors (Lipinski definition) is 2. The third kappa shape index (κ3) is 5.23. The van der Waals surface area contributed by atoms with Crippen LogP contribution in [0.25, 0.3) is 22.0 Å². The second kappa shape index (κ2) is 9.82. The van der Waals surface area contributed by atoms with Crippen LogP contribution >= 0.6 is 0 Å². The molecule has 0 spiro atoms. The number of anilines is 1. The zero-order chi connectivity index (χ0) is 23.0. The van der Waals surface area contributed by atoms with Crippen LogP contribution in [0.15, 0.2) is 72.8 Å². The van der Waals surface area contributed by atoms with Gasteiger partial charge in [0, 0.05) is 29.2 Å². The van der Waals surface area contributed by atoms with Gasteiger partial charge >= 0.3 is 63.5 Å². The van der Waals surface area contributed by atoms with Crippen LogP contribution in [0.4, 0.5) is 18.9 Å². The Balaban J connectivity index is 0.00000306. The number of carboxylic acid groups (broad SMARTS) is 1. The first-order valence-corrected chi connectivity index (χ1v) is 9.56. The zero-order valence-electron chi connectivity index (χ0n) is 16.8. The van der Waals surface area contributed by atoms with Crippen molar-refractivity contribution in [1.29, 1.82) is 0 Å². The molecular weight excluding hydrogens is 460 g/mol. The molecule has 0 aliphatic heterocycles. The molecule has 164 valence electrons. The van der Waals surface area contributed by atoms with Crippen molar-refractivity contribution in [2.75, 3.05) is 5.32 Å². The molecule has 9 heteroatoms. The number of benzene rings is 3. The minimum atomic E-state index is -4.44. The molecular formula is C24H18F3KN2O3. The molecule has 0 aliphatic rings. The molecule has 1 amide bonds. The van der Waals surface area contributed by atoms with E-state index < -0.39 is 23.6 Å². The van der Waals surface area contributed by atoms with E-state index in [1.165, 1.54) is 18.2 Å². The fourth-order valence-corrected chi connectivity index (χ4v) is 3.60. The number of alkyl halides is 3. The second-order valence-electron chi connectivity index (χ2n) is 7.24. The van der Waals surface area contributed by atoms with Crippen LogP contribution in [0.2, 0.25) is 0 Å². The van der Waals surface area contributed by atoms with Gasteiger partial charge < -0.3 is 15.0 Å². The van der Waals surface area contributed by atoms with Gasteiger partial charge in [-0.2, -0.15) is 13.2 Å². The third-order valence-electron chi connectivity index (χ3n) is 5.21. The van der Waals surface area contributed by atoms with Crippen LogP contribution in [0, 0.1) is 0 Å². The Labute approximate surface area is 229 Å². The van der Waals surface area contributed by atoms with Gasteiger partial charge in [0.15, 0.2) is 0 Å². The predicted octanol–water partition coefficient (Wildman–Crippen LogP) is 5.17. The third-order valence-corrected chi connectivity index (χ3v) is 5.21. The minimum absolute atomic E-state index is 0. The van der Waals surface area contributed by atoms with Crippen molar-refractivity contribution in [2.45, 2.75) is 6.18 Å².